The zero-order valence-corrected chi connectivity index (χ0v) is 13.9. The fraction of sp³-hybridized carbons (Fsp3) is 0.200. The number of hydrogen-bond donors (Lipinski definition) is 2. The van der Waals surface area contributed by atoms with E-state index in [0.29, 0.717) is 15.9 Å². The van der Waals surface area contributed by atoms with Crippen molar-refractivity contribution < 1.29 is 18.3 Å². The molecule has 2 N–H and O–H groups in total. The Bertz CT molecular complexity index is 722. The quantitative estimate of drug-likeness (QED) is 0.779. The molecule has 108 valence electrons. The van der Waals surface area contributed by atoms with E-state index in [2.05, 4.69) is 25.6 Å². The first kappa shape index (κ1) is 15.6. The summed E-state index contributed by atoms with van der Waals surface area (Å²) >= 11 is 5.49. The minimum absolute atomic E-state index is 0.0196. The summed E-state index contributed by atoms with van der Waals surface area (Å²) in [6.07, 6.45) is 0.347. The van der Waals surface area contributed by atoms with Crippen LogP contribution in [0.3, 0.4) is 0 Å². The molecule has 2 rings (SSSR count). The van der Waals surface area contributed by atoms with Crippen molar-refractivity contribution in [1.82, 2.24) is 9.71 Å². The Kier molecular flexibility index (Phi) is 4.91. The van der Waals surface area contributed by atoms with Crippen molar-refractivity contribution in [3.63, 3.8) is 0 Å². The van der Waals surface area contributed by atoms with Crippen molar-refractivity contribution >= 4 is 54.6 Å². The van der Waals surface area contributed by atoms with Gasteiger partial charge in [0, 0.05) is 22.8 Å². The Morgan fingerprint density at radius 2 is 2.20 bits per heavy atom. The molecule has 0 amide bonds. The van der Waals surface area contributed by atoms with E-state index in [1.54, 1.807) is 11.4 Å². The average Bonchev–Trinajstić information content (AvgIpc) is 2.97. The van der Waals surface area contributed by atoms with Gasteiger partial charge in [-0.2, -0.15) is 0 Å². The van der Waals surface area contributed by atoms with E-state index in [1.165, 1.54) is 16.7 Å². The Balaban J connectivity index is 1.95. The number of nitrogens with zero attached hydrogens (tertiary/aromatic N) is 1. The summed E-state index contributed by atoms with van der Waals surface area (Å²) in [6.45, 7) is 0.166. The number of thiophene rings is 1. The van der Waals surface area contributed by atoms with Crippen LogP contribution in [-0.2, 0) is 16.4 Å². The van der Waals surface area contributed by atoms with E-state index in [-0.39, 0.29) is 16.4 Å². The minimum atomic E-state index is -3.55. The highest BCUT2D eigenvalue weighted by Gasteiger charge is 2.18. The molecule has 2 heterocycles. The lowest BCUT2D eigenvalue weighted by atomic mass is 10.4. The molecule has 0 unspecified atom stereocenters. The minimum Gasteiger partial charge on any atom is -0.476 e. The van der Waals surface area contributed by atoms with Gasteiger partial charge in [-0.05, 0) is 27.4 Å². The Hall–Kier alpha value is -0.810. The molecule has 0 aliphatic heterocycles. The Labute approximate surface area is 131 Å². The number of aromatic carboxylic acids is 1. The van der Waals surface area contributed by atoms with Gasteiger partial charge in [-0.3, -0.25) is 0 Å². The molecular formula is C10H9BrN2O4S3. The molecule has 0 bridgehead atoms. The van der Waals surface area contributed by atoms with E-state index < -0.39 is 16.0 Å². The van der Waals surface area contributed by atoms with E-state index in [9.17, 15) is 13.2 Å². The number of aromatic nitrogens is 1. The topological polar surface area (TPSA) is 96.4 Å². The lowest BCUT2D eigenvalue weighted by Gasteiger charge is -2.03. The second-order valence-electron chi connectivity index (χ2n) is 3.64. The van der Waals surface area contributed by atoms with Crippen LogP contribution >= 0.6 is 38.6 Å². The number of rotatable bonds is 6. The maximum Gasteiger partial charge on any atom is 0.355 e. The Morgan fingerprint density at radius 1 is 1.45 bits per heavy atom. The van der Waals surface area contributed by atoms with Crippen molar-refractivity contribution in [3.8, 4) is 0 Å². The summed E-state index contributed by atoms with van der Waals surface area (Å²) in [5, 5.41) is 12.4. The molecule has 6 nitrogen and oxygen atoms in total. The van der Waals surface area contributed by atoms with Gasteiger partial charge in [-0.1, -0.05) is 0 Å². The maximum absolute atomic E-state index is 12.0. The highest BCUT2D eigenvalue weighted by atomic mass is 79.9. The number of carboxylic acid groups (broad SMARTS) is 1. The molecule has 0 aliphatic carbocycles. The third-order valence-corrected chi connectivity index (χ3v) is 7.27. The van der Waals surface area contributed by atoms with Crippen molar-refractivity contribution in [2.45, 2.75) is 10.6 Å². The number of carbonyl (C=O) groups is 1. The maximum atomic E-state index is 12.0. The van der Waals surface area contributed by atoms with Gasteiger partial charge in [-0.15, -0.1) is 22.7 Å². The van der Waals surface area contributed by atoms with Crippen LogP contribution < -0.4 is 4.72 Å². The summed E-state index contributed by atoms with van der Waals surface area (Å²) in [5.74, 6) is -1.09. The molecule has 0 aromatic carbocycles. The van der Waals surface area contributed by atoms with Crippen molar-refractivity contribution in [3.05, 3.63) is 32.0 Å². The molecule has 0 fully saturated rings. The first-order valence-electron chi connectivity index (χ1n) is 5.30. The fourth-order valence-corrected chi connectivity index (χ4v) is 5.54. The smallest absolute Gasteiger partial charge is 0.355 e. The van der Waals surface area contributed by atoms with Crippen LogP contribution in [0, 0.1) is 0 Å². The lowest BCUT2D eigenvalue weighted by Crippen LogP contribution is -2.25. The highest BCUT2D eigenvalue weighted by molar-refractivity contribution is 9.10. The molecule has 0 atom stereocenters. The van der Waals surface area contributed by atoms with Gasteiger partial charge in [0.15, 0.2) is 5.69 Å². The van der Waals surface area contributed by atoms with Crippen LogP contribution in [-0.4, -0.2) is 31.0 Å². The Morgan fingerprint density at radius 3 is 2.75 bits per heavy atom. The normalized spacial score (nSPS) is 11.7. The molecule has 10 heteroatoms. The van der Waals surface area contributed by atoms with Crippen LogP contribution in [0.4, 0.5) is 0 Å². The second-order valence-corrected chi connectivity index (χ2v) is 8.31. The van der Waals surface area contributed by atoms with Gasteiger partial charge < -0.3 is 5.11 Å². The largest absolute Gasteiger partial charge is 0.476 e. The van der Waals surface area contributed by atoms with Gasteiger partial charge in [0.05, 0.1) is 5.01 Å². The third kappa shape index (κ3) is 3.64. The summed E-state index contributed by atoms with van der Waals surface area (Å²) in [4.78, 5) is 14.6. The third-order valence-electron chi connectivity index (χ3n) is 2.23. The molecule has 0 aliphatic rings. The van der Waals surface area contributed by atoms with Crippen LogP contribution in [0.1, 0.15) is 15.5 Å². The van der Waals surface area contributed by atoms with E-state index in [1.807, 2.05) is 0 Å². The number of nitrogens with one attached hydrogen (secondary N) is 1. The predicted molar refractivity (Wildman–Crippen MR) is 80.0 cm³/mol. The SMILES string of the molecule is O=C(O)c1csc(CCNS(=O)(=O)c2sccc2Br)n1. The predicted octanol–water partition coefficient (Wildman–Crippen LogP) is 2.19. The van der Waals surface area contributed by atoms with E-state index in [4.69, 9.17) is 5.11 Å². The molecule has 0 saturated heterocycles. The molecule has 2 aromatic rings. The van der Waals surface area contributed by atoms with Crippen molar-refractivity contribution in [2.24, 2.45) is 0 Å². The first-order valence-corrected chi connectivity index (χ1v) is 9.34. The highest BCUT2D eigenvalue weighted by Crippen LogP contribution is 2.27. The summed E-state index contributed by atoms with van der Waals surface area (Å²) < 4.78 is 27.2. The van der Waals surface area contributed by atoms with E-state index in [0.717, 1.165) is 11.3 Å². The molecular weight excluding hydrogens is 388 g/mol. The van der Waals surface area contributed by atoms with Crippen LogP contribution in [0.5, 0.6) is 0 Å². The number of sulfonamides is 1. The van der Waals surface area contributed by atoms with Crippen LogP contribution in [0.25, 0.3) is 0 Å². The molecule has 0 spiro atoms. The fourth-order valence-electron chi connectivity index (χ4n) is 1.35. The molecule has 2 aromatic heterocycles. The first-order chi connectivity index (χ1) is 9.40. The van der Waals surface area contributed by atoms with Crippen molar-refractivity contribution in [2.75, 3.05) is 6.54 Å². The summed E-state index contributed by atoms with van der Waals surface area (Å²) in [7, 11) is -3.55. The van der Waals surface area contributed by atoms with Crippen LogP contribution in [0.15, 0.2) is 25.5 Å². The van der Waals surface area contributed by atoms with Crippen LogP contribution in [0.2, 0.25) is 0 Å². The number of halogens is 1. The molecule has 0 radical (unpaired) electrons. The zero-order valence-electron chi connectivity index (χ0n) is 9.87. The monoisotopic (exact) mass is 396 g/mol. The summed E-state index contributed by atoms with van der Waals surface area (Å²) in [5.41, 5.74) is -0.0196. The van der Waals surface area contributed by atoms with Gasteiger partial charge in [0.2, 0.25) is 0 Å². The number of carboxylic acids is 1. The van der Waals surface area contributed by atoms with E-state index >= 15 is 0 Å². The van der Waals surface area contributed by atoms with Gasteiger partial charge in [0.1, 0.15) is 4.21 Å². The zero-order chi connectivity index (χ0) is 14.8. The van der Waals surface area contributed by atoms with Gasteiger partial charge >= 0.3 is 5.97 Å². The van der Waals surface area contributed by atoms with Gasteiger partial charge in [-0.25, -0.2) is 22.9 Å². The molecule has 20 heavy (non-hydrogen) atoms. The lowest BCUT2D eigenvalue weighted by molar-refractivity contribution is 0.0691. The summed E-state index contributed by atoms with van der Waals surface area (Å²) in [6, 6.07) is 1.67. The standard InChI is InChI=1S/C10H9BrN2O4S3/c11-6-2-4-18-10(6)20(16,17)12-3-1-8-13-7(5-19-8)9(14)15/h2,4-5,12H,1,3H2,(H,14,15). The average molecular weight is 397 g/mol. The number of hydrogen-bond acceptors (Lipinski definition) is 6. The molecule has 0 saturated carbocycles. The second kappa shape index (κ2) is 6.31. The number of thiazole rings is 1. The van der Waals surface area contributed by atoms with Crippen molar-refractivity contribution in [1.29, 1.82) is 0 Å². The van der Waals surface area contributed by atoms with Gasteiger partial charge in [0.25, 0.3) is 10.0 Å².